The van der Waals surface area contributed by atoms with Crippen molar-refractivity contribution in [3.8, 4) is 0 Å². The van der Waals surface area contributed by atoms with E-state index in [4.69, 9.17) is 0 Å². The van der Waals surface area contributed by atoms with Crippen LogP contribution in [0.4, 0.5) is 0 Å². The van der Waals surface area contributed by atoms with Crippen LogP contribution in [0.5, 0.6) is 0 Å². The molecule has 0 heteroatoms. The van der Waals surface area contributed by atoms with Gasteiger partial charge in [0.2, 0.25) is 0 Å². The van der Waals surface area contributed by atoms with Crippen LogP contribution >= 0.6 is 0 Å². The minimum atomic E-state index is 0. The van der Waals surface area contributed by atoms with Gasteiger partial charge in [0, 0.05) is 0 Å². The Morgan fingerprint density at radius 3 is 1.33 bits per heavy atom. The van der Waals surface area contributed by atoms with Crippen molar-refractivity contribution >= 4 is 0 Å². The third kappa shape index (κ3) is 43.0. The van der Waals surface area contributed by atoms with Crippen molar-refractivity contribution in [2.75, 3.05) is 0 Å². The number of allylic oxidation sites excluding steroid dienone is 3. The monoisotopic (exact) mass is 214 g/mol. The molecule has 0 atom stereocenters. The fraction of sp³-hybridized carbons (Fsp3) is 0.600. The van der Waals surface area contributed by atoms with Gasteiger partial charge in [-0.2, -0.15) is 0 Å². The maximum Gasteiger partial charge on any atom is -0.0225 e. The highest BCUT2D eigenvalue weighted by atomic mass is 14.0. The van der Waals surface area contributed by atoms with Crippen molar-refractivity contribution in [3.63, 3.8) is 0 Å². The Kier molecular flexibility index (Phi) is 73.8. The average molecular weight is 214 g/mol. The Hall–Kier alpha value is -0.780. The first-order valence-electron chi connectivity index (χ1n) is 5.50. The fourth-order valence-corrected chi connectivity index (χ4v) is 0.407. The van der Waals surface area contributed by atoms with Gasteiger partial charge >= 0.3 is 0 Å². The Balaban J connectivity index is -0.0000000410. The summed E-state index contributed by atoms with van der Waals surface area (Å²) in [5, 5.41) is 0. The molecular weight excluding hydrogens is 180 g/mol. The molecule has 0 aromatic carbocycles. The molecule has 0 saturated carbocycles. The summed E-state index contributed by atoms with van der Waals surface area (Å²) in [7, 11) is 0. The third-order valence-corrected chi connectivity index (χ3v) is 1.12. The first-order valence-corrected chi connectivity index (χ1v) is 5.50. The molecule has 0 unspecified atom stereocenters. The second-order valence-corrected chi connectivity index (χ2v) is 2.23. The smallest absolute Gasteiger partial charge is 0.0225 e. The normalized spacial score (nSPS) is 6.93. The minimum Gasteiger partial charge on any atom is -0.106 e. The Morgan fingerprint density at radius 1 is 1.00 bits per heavy atom. The molecule has 0 N–H and O–H groups in total. The van der Waals surface area contributed by atoms with E-state index in [9.17, 15) is 0 Å². The zero-order valence-electron chi connectivity index (χ0n) is 11.4. The van der Waals surface area contributed by atoms with Crippen molar-refractivity contribution in [2.24, 2.45) is 5.92 Å². The molecule has 0 aliphatic rings. The molecule has 0 fully saturated rings. The topological polar surface area (TPSA) is 0 Å². The molecule has 0 bridgehead atoms. The van der Waals surface area contributed by atoms with E-state index in [1.807, 2.05) is 46.8 Å². The summed E-state index contributed by atoms with van der Waals surface area (Å²) in [6.45, 7) is 24.1. The van der Waals surface area contributed by atoms with Crippen molar-refractivity contribution in [3.05, 3.63) is 37.5 Å². The molecule has 0 nitrogen and oxygen atoms in total. The van der Waals surface area contributed by atoms with Crippen LogP contribution in [0.1, 0.15) is 55.9 Å². The minimum absolute atomic E-state index is 0. The molecule has 0 saturated heterocycles. The van der Waals surface area contributed by atoms with Crippen molar-refractivity contribution in [1.82, 2.24) is 0 Å². The first kappa shape index (κ1) is 29.2. The Bertz CT molecular complexity index is 107. The van der Waals surface area contributed by atoms with Gasteiger partial charge in [-0.1, -0.05) is 73.3 Å². The Labute approximate surface area is 99.8 Å². The van der Waals surface area contributed by atoms with E-state index in [1.54, 1.807) is 0 Å². The summed E-state index contributed by atoms with van der Waals surface area (Å²) in [6, 6.07) is 0. The van der Waals surface area contributed by atoms with Gasteiger partial charge in [-0.25, -0.2) is 0 Å². The van der Waals surface area contributed by atoms with Crippen LogP contribution in [0.2, 0.25) is 0 Å². The van der Waals surface area contributed by atoms with Crippen molar-refractivity contribution in [2.45, 2.75) is 55.9 Å². The van der Waals surface area contributed by atoms with Gasteiger partial charge < -0.3 is 0 Å². The third-order valence-electron chi connectivity index (χ3n) is 1.12. The molecule has 0 aliphatic carbocycles. The van der Waals surface area contributed by atoms with Crippen LogP contribution in [-0.2, 0) is 0 Å². The molecule has 0 rings (SSSR count). The van der Waals surface area contributed by atoms with E-state index >= 15 is 0 Å². The quantitative estimate of drug-likeness (QED) is 0.375. The zero-order valence-corrected chi connectivity index (χ0v) is 11.4. The molecule has 94 valence electrons. The van der Waals surface area contributed by atoms with Crippen LogP contribution in [0.15, 0.2) is 37.5 Å². The Morgan fingerprint density at radius 2 is 1.27 bits per heavy atom. The molecule has 0 radical (unpaired) electrons. The van der Waals surface area contributed by atoms with E-state index in [1.165, 1.54) is 5.57 Å². The highest BCUT2D eigenvalue weighted by Crippen LogP contribution is 2.06. The van der Waals surface area contributed by atoms with Crippen molar-refractivity contribution < 1.29 is 0 Å². The van der Waals surface area contributed by atoms with Crippen LogP contribution in [0.25, 0.3) is 0 Å². The van der Waals surface area contributed by atoms with Crippen LogP contribution in [0.3, 0.4) is 0 Å². The number of hydrogen-bond acceptors (Lipinski definition) is 0. The van der Waals surface area contributed by atoms with Gasteiger partial charge in [-0.15, -0.1) is 13.2 Å². The van der Waals surface area contributed by atoms with Crippen LogP contribution in [-0.4, -0.2) is 0 Å². The summed E-state index contributed by atoms with van der Waals surface area (Å²) in [6.07, 6.45) is 4.06. The maximum atomic E-state index is 3.86. The van der Waals surface area contributed by atoms with Gasteiger partial charge in [0.1, 0.15) is 0 Å². The molecule has 0 spiro atoms. The second-order valence-electron chi connectivity index (χ2n) is 2.23. The molecule has 0 aromatic heterocycles. The van der Waals surface area contributed by atoms with Crippen LogP contribution in [0, 0.1) is 5.92 Å². The lowest BCUT2D eigenvalue weighted by molar-refractivity contribution is 0.795. The second kappa shape index (κ2) is 37.9. The van der Waals surface area contributed by atoms with Crippen LogP contribution < -0.4 is 0 Å². The summed E-state index contributed by atoms with van der Waals surface area (Å²) in [5.41, 5.74) is 1.20. The van der Waals surface area contributed by atoms with E-state index < -0.39 is 0 Å². The number of hydrogen-bond donors (Lipinski definition) is 0. The van der Waals surface area contributed by atoms with Crippen molar-refractivity contribution in [1.29, 1.82) is 0 Å². The zero-order chi connectivity index (χ0) is 12.6. The maximum absolute atomic E-state index is 3.86. The summed E-state index contributed by atoms with van der Waals surface area (Å²) in [4.78, 5) is 0. The molecule has 15 heavy (non-hydrogen) atoms. The van der Waals surface area contributed by atoms with Gasteiger partial charge in [0.25, 0.3) is 0 Å². The lowest BCUT2D eigenvalue weighted by Gasteiger charge is -2.00. The van der Waals surface area contributed by atoms with E-state index in [0.717, 1.165) is 0 Å². The summed E-state index contributed by atoms with van der Waals surface area (Å²) < 4.78 is 0. The molecular formula is C15H34. The average Bonchev–Trinajstić information content (AvgIpc) is 2.27. The van der Waals surface area contributed by atoms with Gasteiger partial charge in [0.05, 0.1) is 0 Å². The largest absolute Gasteiger partial charge is 0.106 e. The predicted molar refractivity (Wildman–Crippen MR) is 79.5 cm³/mol. The van der Waals surface area contributed by atoms with E-state index in [-0.39, 0.29) is 7.43 Å². The number of rotatable bonds is 2. The van der Waals surface area contributed by atoms with E-state index in [2.05, 4.69) is 33.6 Å². The van der Waals surface area contributed by atoms with Gasteiger partial charge in [-0.3, -0.25) is 0 Å². The van der Waals surface area contributed by atoms with E-state index in [0.29, 0.717) is 5.92 Å². The molecule has 0 aliphatic heterocycles. The molecule has 0 heterocycles. The summed E-state index contributed by atoms with van der Waals surface area (Å²) in [5.74, 6) is 0.589. The van der Waals surface area contributed by atoms with Gasteiger partial charge in [-0.05, 0) is 12.8 Å². The SMILES string of the molecule is C.C=C.C=C(/C=C\C)C(C)C.CC.CC. The summed E-state index contributed by atoms with van der Waals surface area (Å²) >= 11 is 0. The van der Waals surface area contributed by atoms with Gasteiger partial charge in [0.15, 0.2) is 0 Å². The lowest BCUT2D eigenvalue weighted by atomic mass is 10.1. The molecule has 0 amide bonds. The molecule has 0 aromatic rings. The fourth-order valence-electron chi connectivity index (χ4n) is 0.407. The first-order chi connectivity index (χ1) is 6.68. The predicted octanol–water partition coefficient (Wildman–Crippen LogP) is 6.27. The standard InChI is InChI=1S/C8H14.2C2H6.C2H4.CH4/c1-5-6-8(4)7(2)3;3*1-2;/h5-7H,4H2,1-3H3;2*1-2H3;1-2H2;1H4/b6-5-;;;;. The highest BCUT2D eigenvalue weighted by molar-refractivity contribution is 5.15. The highest BCUT2D eigenvalue weighted by Gasteiger charge is 1.91. The lowest BCUT2D eigenvalue weighted by Crippen LogP contribution is -1.86.